The molecule has 0 saturated carbocycles. The number of hydrogen-bond donors (Lipinski definition) is 1. The van der Waals surface area contributed by atoms with E-state index >= 15 is 0 Å². The fraction of sp³-hybridized carbons (Fsp3) is 0.179. The van der Waals surface area contributed by atoms with Crippen LogP contribution in [0.3, 0.4) is 0 Å². The fourth-order valence-corrected chi connectivity index (χ4v) is 6.08. The Morgan fingerprint density at radius 3 is 2.67 bits per heavy atom. The monoisotopic (exact) mass is 516 g/mol. The number of hydrogen-bond acceptors (Lipinski definition) is 6. The number of aromatic nitrogens is 1. The number of carbonyl (C=O) groups is 2. The van der Waals surface area contributed by atoms with Gasteiger partial charge in [0.2, 0.25) is 0 Å². The number of aliphatic hydroxyl groups excluding tert-OH is 1. The SMILES string of the molecule is Cc1ccc([C@H]2/C(=C(\O)c3ccc4c(c3)C[C@H](C)O4)C(=O)C(=O)N2c2nc3ccc(Cl)cc3s2)cc1. The molecule has 2 aliphatic heterocycles. The average Bonchev–Trinajstić information content (AvgIpc) is 3.51. The first-order chi connectivity index (χ1) is 17.3. The number of aliphatic hydroxyl groups is 1. The van der Waals surface area contributed by atoms with Crippen LogP contribution in [0.15, 0.2) is 66.2 Å². The van der Waals surface area contributed by atoms with Gasteiger partial charge in [0.25, 0.3) is 5.78 Å². The van der Waals surface area contributed by atoms with E-state index in [-0.39, 0.29) is 17.4 Å². The first kappa shape index (κ1) is 22.8. The van der Waals surface area contributed by atoms with Crippen molar-refractivity contribution in [3.05, 3.63) is 93.5 Å². The van der Waals surface area contributed by atoms with E-state index in [9.17, 15) is 14.7 Å². The Morgan fingerprint density at radius 1 is 1.11 bits per heavy atom. The quantitative estimate of drug-likeness (QED) is 0.199. The summed E-state index contributed by atoms with van der Waals surface area (Å²) in [4.78, 5) is 32.9. The lowest BCUT2D eigenvalue weighted by atomic mass is 9.94. The molecule has 1 N–H and O–H groups in total. The second kappa shape index (κ2) is 8.47. The van der Waals surface area contributed by atoms with Crippen LogP contribution in [0.5, 0.6) is 5.75 Å². The Kier molecular flexibility index (Phi) is 5.35. The average molecular weight is 517 g/mol. The van der Waals surface area contributed by atoms with Gasteiger partial charge in [-0.1, -0.05) is 52.8 Å². The number of carbonyl (C=O) groups excluding carboxylic acids is 2. The molecule has 6 nitrogen and oxygen atoms in total. The van der Waals surface area contributed by atoms with Crippen LogP contribution in [0.1, 0.15) is 35.2 Å². The molecule has 3 aromatic carbocycles. The molecule has 6 rings (SSSR count). The second-order valence-corrected chi connectivity index (χ2v) is 10.6. The van der Waals surface area contributed by atoms with Crippen LogP contribution in [0.2, 0.25) is 5.02 Å². The summed E-state index contributed by atoms with van der Waals surface area (Å²) in [5.41, 5.74) is 3.88. The molecule has 4 aromatic rings. The van der Waals surface area contributed by atoms with Crippen LogP contribution in [-0.4, -0.2) is 27.9 Å². The molecule has 2 atom stereocenters. The largest absolute Gasteiger partial charge is 0.507 e. The normalized spacial score (nSPS) is 20.7. The van der Waals surface area contributed by atoms with E-state index in [1.54, 1.807) is 30.3 Å². The summed E-state index contributed by atoms with van der Waals surface area (Å²) >= 11 is 7.43. The van der Waals surface area contributed by atoms with Gasteiger partial charge in [0.1, 0.15) is 17.6 Å². The standard InChI is InChI=1S/C28H21ClN2O4S/c1-14-3-5-16(6-4-14)24-23(25(32)17-7-10-21-18(12-17)11-15(2)35-21)26(33)27(34)31(24)28-30-20-9-8-19(29)13-22(20)36-28/h3-10,12-13,15,24,32H,11H2,1-2H3/b25-23+/t15-,24-/m0/s1. The minimum Gasteiger partial charge on any atom is -0.507 e. The lowest BCUT2D eigenvalue weighted by Crippen LogP contribution is -2.29. The number of ketones is 1. The van der Waals surface area contributed by atoms with Crippen LogP contribution in [0, 0.1) is 6.92 Å². The van der Waals surface area contributed by atoms with E-state index in [0.717, 1.165) is 21.6 Å². The number of ether oxygens (including phenoxy) is 1. The summed E-state index contributed by atoms with van der Waals surface area (Å²) in [6, 6.07) is 17.4. The molecule has 1 aromatic heterocycles. The van der Waals surface area contributed by atoms with Crippen LogP contribution in [0.25, 0.3) is 16.0 Å². The lowest BCUT2D eigenvalue weighted by molar-refractivity contribution is -0.132. The third-order valence-corrected chi connectivity index (χ3v) is 7.80. The van der Waals surface area contributed by atoms with Gasteiger partial charge in [-0.2, -0.15) is 0 Å². The van der Waals surface area contributed by atoms with Crippen molar-refractivity contribution in [1.29, 1.82) is 0 Å². The molecule has 1 amide bonds. The molecule has 1 fully saturated rings. The topological polar surface area (TPSA) is 79.7 Å². The molecule has 0 aliphatic carbocycles. The number of nitrogens with zero attached hydrogens (tertiary/aromatic N) is 2. The number of fused-ring (bicyclic) bond motifs is 2. The van der Waals surface area contributed by atoms with Gasteiger partial charge in [-0.05, 0) is 61.4 Å². The van der Waals surface area contributed by atoms with Crippen molar-refractivity contribution >= 4 is 55.7 Å². The summed E-state index contributed by atoms with van der Waals surface area (Å²) in [6.45, 7) is 3.94. The molecule has 8 heteroatoms. The Bertz CT molecular complexity index is 1590. The summed E-state index contributed by atoms with van der Waals surface area (Å²) in [5, 5.41) is 12.4. The van der Waals surface area contributed by atoms with Gasteiger partial charge in [0.05, 0.1) is 21.8 Å². The summed E-state index contributed by atoms with van der Waals surface area (Å²) in [7, 11) is 0. The Morgan fingerprint density at radius 2 is 1.89 bits per heavy atom. The third-order valence-electron chi connectivity index (χ3n) is 6.55. The zero-order valence-electron chi connectivity index (χ0n) is 19.5. The molecule has 0 bridgehead atoms. The van der Waals surface area contributed by atoms with Crippen LogP contribution >= 0.6 is 22.9 Å². The maximum absolute atomic E-state index is 13.4. The van der Waals surface area contributed by atoms with E-state index in [4.69, 9.17) is 16.3 Å². The molecule has 36 heavy (non-hydrogen) atoms. The Hall–Kier alpha value is -3.68. The third kappa shape index (κ3) is 3.67. The lowest BCUT2D eigenvalue weighted by Gasteiger charge is -2.23. The van der Waals surface area contributed by atoms with Crippen molar-refractivity contribution in [1.82, 2.24) is 4.98 Å². The molecule has 1 saturated heterocycles. The summed E-state index contributed by atoms with van der Waals surface area (Å²) in [6.07, 6.45) is 0.753. The van der Waals surface area contributed by atoms with Crippen LogP contribution < -0.4 is 9.64 Å². The van der Waals surface area contributed by atoms with Gasteiger partial charge in [0, 0.05) is 17.0 Å². The molecule has 0 unspecified atom stereocenters. The maximum Gasteiger partial charge on any atom is 0.301 e. The van der Waals surface area contributed by atoms with E-state index in [0.29, 0.717) is 33.2 Å². The first-order valence-corrected chi connectivity index (χ1v) is 12.7. The van der Waals surface area contributed by atoms with Crippen LogP contribution in [0.4, 0.5) is 5.13 Å². The number of Topliss-reactive ketones (excluding diaryl/α,β-unsaturated/α-hetero) is 1. The molecule has 0 spiro atoms. The van der Waals surface area contributed by atoms with Crippen molar-refractivity contribution in [3.63, 3.8) is 0 Å². The minimum atomic E-state index is -0.829. The van der Waals surface area contributed by atoms with Crippen LogP contribution in [-0.2, 0) is 16.0 Å². The van der Waals surface area contributed by atoms with Gasteiger partial charge in [-0.25, -0.2) is 4.98 Å². The Labute approximate surface area is 216 Å². The van der Waals surface area contributed by atoms with Gasteiger partial charge < -0.3 is 9.84 Å². The molecule has 2 aliphatic rings. The van der Waals surface area contributed by atoms with Gasteiger partial charge in [-0.15, -0.1) is 0 Å². The predicted molar refractivity (Wildman–Crippen MR) is 141 cm³/mol. The molecule has 0 radical (unpaired) electrons. The van der Waals surface area contributed by atoms with Crippen molar-refractivity contribution in [2.24, 2.45) is 0 Å². The highest BCUT2D eigenvalue weighted by molar-refractivity contribution is 7.22. The number of anilines is 1. The van der Waals surface area contributed by atoms with Crippen molar-refractivity contribution in [2.75, 3.05) is 4.90 Å². The molecular weight excluding hydrogens is 496 g/mol. The highest BCUT2D eigenvalue weighted by Gasteiger charge is 2.48. The van der Waals surface area contributed by atoms with E-state index < -0.39 is 17.7 Å². The highest BCUT2D eigenvalue weighted by atomic mass is 35.5. The smallest absolute Gasteiger partial charge is 0.301 e. The first-order valence-electron chi connectivity index (χ1n) is 11.5. The number of rotatable bonds is 3. The highest BCUT2D eigenvalue weighted by Crippen LogP contribution is 2.45. The second-order valence-electron chi connectivity index (χ2n) is 9.14. The van der Waals surface area contributed by atoms with Gasteiger partial charge in [-0.3, -0.25) is 14.5 Å². The molecule has 3 heterocycles. The van der Waals surface area contributed by atoms with E-state index in [1.165, 1.54) is 16.2 Å². The van der Waals surface area contributed by atoms with Gasteiger partial charge in [0.15, 0.2) is 5.13 Å². The van der Waals surface area contributed by atoms with Crippen molar-refractivity contribution < 1.29 is 19.4 Å². The zero-order chi connectivity index (χ0) is 25.1. The van der Waals surface area contributed by atoms with E-state index in [2.05, 4.69) is 4.98 Å². The zero-order valence-corrected chi connectivity index (χ0v) is 21.1. The van der Waals surface area contributed by atoms with Crippen molar-refractivity contribution in [2.45, 2.75) is 32.4 Å². The number of amides is 1. The van der Waals surface area contributed by atoms with E-state index in [1.807, 2.05) is 44.2 Å². The summed E-state index contributed by atoms with van der Waals surface area (Å²) in [5.74, 6) is -0.929. The fourth-order valence-electron chi connectivity index (χ4n) is 4.81. The minimum absolute atomic E-state index is 0.0352. The van der Waals surface area contributed by atoms with Crippen molar-refractivity contribution in [3.8, 4) is 5.75 Å². The maximum atomic E-state index is 13.4. The summed E-state index contributed by atoms with van der Waals surface area (Å²) < 4.78 is 6.58. The number of thiazole rings is 1. The Balaban J connectivity index is 1.53. The van der Waals surface area contributed by atoms with Gasteiger partial charge >= 0.3 is 5.91 Å². The number of halogens is 1. The number of aryl methyl sites for hydroxylation is 1. The number of benzene rings is 3. The molecular formula is C28H21ClN2O4S. The predicted octanol–water partition coefficient (Wildman–Crippen LogP) is 6.21. The molecule has 180 valence electrons.